The monoisotopic (exact) mass is 369 g/mol. The van der Waals surface area contributed by atoms with E-state index in [0.717, 1.165) is 21.5 Å². The summed E-state index contributed by atoms with van der Waals surface area (Å²) in [6, 6.07) is 13.1. The summed E-state index contributed by atoms with van der Waals surface area (Å²) < 4.78 is 6.31. The highest BCUT2D eigenvalue weighted by Gasteiger charge is 2.12. The first kappa shape index (κ1) is 16.1. The van der Waals surface area contributed by atoms with Gasteiger partial charge in [-0.2, -0.15) is 0 Å². The molecule has 0 saturated heterocycles. The molecule has 21 heavy (non-hydrogen) atoms. The van der Waals surface area contributed by atoms with Crippen molar-refractivity contribution < 1.29 is 9.84 Å². The van der Waals surface area contributed by atoms with E-state index in [4.69, 9.17) is 16.3 Å². The highest BCUT2D eigenvalue weighted by molar-refractivity contribution is 9.10. The summed E-state index contributed by atoms with van der Waals surface area (Å²) in [6.07, 6.45) is 0. The van der Waals surface area contributed by atoms with Gasteiger partial charge in [0.1, 0.15) is 5.75 Å². The fraction of sp³-hybridized carbons (Fsp3) is 0.250. The Bertz CT molecular complexity index is 607. The molecule has 1 unspecified atom stereocenters. The molecule has 0 aliphatic heterocycles. The minimum atomic E-state index is -0.210. The lowest BCUT2D eigenvalue weighted by Crippen LogP contribution is -2.15. The smallest absolute Gasteiger partial charge is 0.119 e. The first-order valence-corrected chi connectivity index (χ1v) is 7.86. The van der Waals surface area contributed by atoms with E-state index in [2.05, 4.69) is 21.2 Å². The number of hydrogen-bond acceptors (Lipinski definition) is 3. The van der Waals surface area contributed by atoms with Gasteiger partial charge in [-0.1, -0.05) is 23.7 Å². The van der Waals surface area contributed by atoms with Crippen LogP contribution in [0.5, 0.6) is 5.75 Å². The van der Waals surface area contributed by atoms with Crippen molar-refractivity contribution in [2.24, 2.45) is 0 Å². The van der Waals surface area contributed by atoms with E-state index in [1.54, 1.807) is 6.07 Å². The summed E-state index contributed by atoms with van der Waals surface area (Å²) in [4.78, 5) is 0. The third-order valence-corrected chi connectivity index (χ3v) is 4.23. The average molecular weight is 371 g/mol. The average Bonchev–Trinajstić information content (AvgIpc) is 2.49. The third-order valence-electron chi connectivity index (χ3n) is 3.01. The Balaban J connectivity index is 2.19. The van der Waals surface area contributed by atoms with Crippen LogP contribution in [0.4, 0.5) is 5.69 Å². The lowest BCUT2D eigenvalue weighted by Gasteiger charge is -2.19. The van der Waals surface area contributed by atoms with Crippen molar-refractivity contribution >= 4 is 33.2 Å². The van der Waals surface area contributed by atoms with Crippen LogP contribution in [-0.2, 0) is 0 Å². The number of nitrogens with one attached hydrogen (secondary N) is 1. The molecule has 0 fully saturated rings. The Labute approximate surface area is 138 Å². The molecule has 0 aliphatic carbocycles. The number of benzene rings is 2. The second-order valence-electron chi connectivity index (χ2n) is 4.51. The van der Waals surface area contributed by atoms with Crippen molar-refractivity contribution in [3.63, 3.8) is 0 Å². The lowest BCUT2D eigenvalue weighted by molar-refractivity contribution is 0.275. The number of anilines is 1. The molecule has 0 aliphatic rings. The van der Waals surface area contributed by atoms with Gasteiger partial charge >= 0.3 is 0 Å². The number of rotatable bonds is 6. The van der Waals surface area contributed by atoms with Crippen LogP contribution in [0.1, 0.15) is 18.5 Å². The molecule has 112 valence electrons. The zero-order valence-electron chi connectivity index (χ0n) is 11.6. The van der Waals surface area contributed by atoms with Crippen LogP contribution in [0.3, 0.4) is 0 Å². The topological polar surface area (TPSA) is 41.5 Å². The van der Waals surface area contributed by atoms with Gasteiger partial charge in [0.25, 0.3) is 0 Å². The molecule has 0 heterocycles. The van der Waals surface area contributed by atoms with Crippen LogP contribution in [-0.4, -0.2) is 18.3 Å². The molecule has 3 nitrogen and oxygen atoms in total. The van der Waals surface area contributed by atoms with E-state index in [0.29, 0.717) is 11.6 Å². The van der Waals surface area contributed by atoms with Crippen molar-refractivity contribution in [1.29, 1.82) is 0 Å². The molecule has 0 amide bonds. The van der Waals surface area contributed by atoms with E-state index in [-0.39, 0.29) is 12.6 Å². The van der Waals surface area contributed by atoms with Gasteiger partial charge in [-0.15, -0.1) is 0 Å². The SMILES string of the molecule is CCOc1cccc(C(CO)Nc2ccc(Cl)c(Br)c2)c1. The molecule has 2 rings (SSSR count). The Kier molecular flexibility index (Phi) is 5.91. The van der Waals surface area contributed by atoms with Gasteiger partial charge in [0.2, 0.25) is 0 Å². The van der Waals surface area contributed by atoms with Crippen LogP contribution >= 0.6 is 27.5 Å². The molecule has 0 saturated carbocycles. The minimum absolute atomic E-state index is 0.0180. The Morgan fingerprint density at radius 1 is 1.29 bits per heavy atom. The highest BCUT2D eigenvalue weighted by Crippen LogP contribution is 2.28. The van der Waals surface area contributed by atoms with Crippen molar-refractivity contribution in [3.8, 4) is 5.75 Å². The second kappa shape index (κ2) is 7.69. The van der Waals surface area contributed by atoms with E-state index in [9.17, 15) is 5.11 Å². The van der Waals surface area contributed by atoms with Crippen molar-refractivity contribution in [3.05, 3.63) is 57.5 Å². The molecule has 0 radical (unpaired) electrons. The fourth-order valence-corrected chi connectivity index (χ4v) is 2.51. The van der Waals surface area contributed by atoms with Gasteiger partial charge in [0, 0.05) is 10.2 Å². The van der Waals surface area contributed by atoms with Gasteiger partial charge in [-0.25, -0.2) is 0 Å². The van der Waals surface area contributed by atoms with Crippen LogP contribution in [0.2, 0.25) is 5.02 Å². The lowest BCUT2D eigenvalue weighted by atomic mass is 10.1. The maximum Gasteiger partial charge on any atom is 0.119 e. The predicted molar refractivity (Wildman–Crippen MR) is 90.2 cm³/mol. The fourth-order valence-electron chi connectivity index (χ4n) is 2.01. The number of hydrogen-bond donors (Lipinski definition) is 2. The molecular weight excluding hydrogens is 354 g/mol. The second-order valence-corrected chi connectivity index (χ2v) is 5.78. The van der Waals surface area contributed by atoms with Crippen LogP contribution in [0.25, 0.3) is 0 Å². The first-order valence-electron chi connectivity index (χ1n) is 6.69. The quantitative estimate of drug-likeness (QED) is 0.778. The molecule has 5 heteroatoms. The van der Waals surface area contributed by atoms with Gasteiger partial charge < -0.3 is 15.2 Å². The number of ether oxygens (including phenoxy) is 1. The molecular formula is C16H17BrClNO2. The van der Waals surface area contributed by atoms with Gasteiger partial charge in [-0.05, 0) is 58.7 Å². The molecule has 2 N–H and O–H groups in total. The van der Waals surface area contributed by atoms with Crippen molar-refractivity contribution in [2.75, 3.05) is 18.5 Å². The normalized spacial score (nSPS) is 12.0. The molecule has 0 spiro atoms. The standard InChI is InChI=1S/C16H17BrClNO2/c1-2-21-13-5-3-4-11(8-13)16(10-20)19-12-6-7-15(18)14(17)9-12/h3-9,16,19-20H,2,10H2,1H3. The van der Waals surface area contributed by atoms with E-state index < -0.39 is 0 Å². The van der Waals surface area contributed by atoms with Gasteiger partial charge in [-0.3, -0.25) is 0 Å². The summed E-state index contributed by atoms with van der Waals surface area (Å²) in [6.45, 7) is 2.54. The molecule has 0 aromatic heterocycles. The minimum Gasteiger partial charge on any atom is -0.494 e. The molecule has 1 atom stereocenters. The van der Waals surface area contributed by atoms with E-state index in [1.807, 2.05) is 43.3 Å². The maximum absolute atomic E-state index is 9.64. The molecule has 0 bridgehead atoms. The number of aliphatic hydroxyl groups excluding tert-OH is 1. The van der Waals surface area contributed by atoms with Crippen molar-refractivity contribution in [2.45, 2.75) is 13.0 Å². The number of aliphatic hydroxyl groups is 1. The Hall–Kier alpha value is -1.23. The van der Waals surface area contributed by atoms with E-state index in [1.165, 1.54) is 0 Å². The Morgan fingerprint density at radius 3 is 2.76 bits per heavy atom. The molecule has 2 aromatic rings. The van der Waals surface area contributed by atoms with Gasteiger partial charge in [0.05, 0.1) is 24.3 Å². The van der Waals surface area contributed by atoms with Gasteiger partial charge in [0.15, 0.2) is 0 Å². The van der Waals surface area contributed by atoms with Crippen LogP contribution in [0.15, 0.2) is 46.9 Å². The van der Waals surface area contributed by atoms with Crippen LogP contribution in [0, 0.1) is 0 Å². The highest BCUT2D eigenvalue weighted by atomic mass is 79.9. The third kappa shape index (κ3) is 4.37. The Morgan fingerprint density at radius 2 is 2.10 bits per heavy atom. The summed E-state index contributed by atoms with van der Waals surface area (Å²) in [7, 11) is 0. The first-order chi connectivity index (χ1) is 10.1. The van der Waals surface area contributed by atoms with Crippen molar-refractivity contribution in [1.82, 2.24) is 0 Å². The largest absolute Gasteiger partial charge is 0.494 e. The molecule has 2 aromatic carbocycles. The van der Waals surface area contributed by atoms with E-state index >= 15 is 0 Å². The predicted octanol–water partition coefficient (Wildman–Crippen LogP) is 4.65. The maximum atomic E-state index is 9.64. The summed E-state index contributed by atoms with van der Waals surface area (Å²) in [5.41, 5.74) is 1.85. The summed E-state index contributed by atoms with van der Waals surface area (Å²) in [5, 5.41) is 13.6. The van der Waals surface area contributed by atoms with Crippen LogP contribution < -0.4 is 10.1 Å². The summed E-state index contributed by atoms with van der Waals surface area (Å²) >= 11 is 9.37. The number of halogens is 2. The zero-order chi connectivity index (χ0) is 15.2. The summed E-state index contributed by atoms with van der Waals surface area (Å²) in [5.74, 6) is 0.799. The zero-order valence-corrected chi connectivity index (χ0v) is 14.0.